The second-order valence-corrected chi connectivity index (χ2v) is 5.05. The summed E-state index contributed by atoms with van der Waals surface area (Å²) in [5.74, 6) is -0.966. The van der Waals surface area contributed by atoms with Crippen molar-refractivity contribution in [2.45, 2.75) is 6.73 Å². The fourth-order valence-corrected chi connectivity index (χ4v) is 2.50. The van der Waals surface area contributed by atoms with Crippen LogP contribution in [0.1, 0.15) is 10.4 Å². The van der Waals surface area contributed by atoms with Crippen molar-refractivity contribution in [2.24, 2.45) is 0 Å². The minimum Gasteiger partial charge on any atom is -0.478 e. The number of carbonyl (C=O) groups is 1. The molecule has 0 saturated heterocycles. The van der Waals surface area contributed by atoms with Gasteiger partial charge in [0.1, 0.15) is 6.73 Å². The minimum absolute atomic E-state index is 0.240. The number of ether oxygens (including phenoxy) is 1. The van der Waals surface area contributed by atoms with Gasteiger partial charge in [0.2, 0.25) is 0 Å². The van der Waals surface area contributed by atoms with E-state index in [-0.39, 0.29) is 12.3 Å². The Bertz CT molecular complexity index is 825. The Morgan fingerprint density at radius 3 is 2.52 bits per heavy atom. The molecule has 1 N–H and O–H groups in total. The van der Waals surface area contributed by atoms with Gasteiger partial charge in [0.15, 0.2) is 0 Å². The van der Waals surface area contributed by atoms with Crippen molar-refractivity contribution < 1.29 is 14.6 Å². The van der Waals surface area contributed by atoms with E-state index in [4.69, 9.17) is 4.74 Å². The summed E-state index contributed by atoms with van der Waals surface area (Å²) in [5.41, 5.74) is 3.31. The molecule has 0 radical (unpaired) electrons. The summed E-state index contributed by atoms with van der Waals surface area (Å²) in [6.45, 7) is 0.246. The monoisotopic (exact) mass is 308 g/mol. The molecule has 0 bridgehead atoms. The van der Waals surface area contributed by atoms with Crippen LogP contribution in [0, 0.1) is 0 Å². The van der Waals surface area contributed by atoms with Gasteiger partial charge in [-0.25, -0.2) is 9.48 Å². The average molecular weight is 308 g/mol. The molecule has 0 aliphatic carbocycles. The van der Waals surface area contributed by atoms with Crippen LogP contribution < -0.4 is 0 Å². The first-order valence-corrected chi connectivity index (χ1v) is 7.15. The van der Waals surface area contributed by atoms with Crippen LogP contribution in [-0.4, -0.2) is 28.0 Å². The molecule has 5 nitrogen and oxygen atoms in total. The summed E-state index contributed by atoms with van der Waals surface area (Å²) >= 11 is 0. The van der Waals surface area contributed by atoms with Crippen molar-refractivity contribution in [2.75, 3.05) is 7.11 Å². The molecule has 116 valence electrons. The highest BCUT2D eigenvalue weighted by molar-refractivity contribution is 5.95. The first kappa shape index (κ1) is 15.0. The topological polar surface area (TPSA) is 64.4 Å². The molecule has 1 aromatic heterocycles. The van der Waals surface area contributed by atoms with Gasteiger partial charge in [-0.05, 0) is 12.1 Å². The van der Waals surface area contributed by atoms with E-state index < -0.39 is 5.97 Å². The maximum atomic E-state index is 11.5. The summed E-state index contributed by atoms with van der Waals surface area (Å²) < 4.78 is 6.86. The van der Waals surface area contributed by atoms with Crippen molar-refractivity contribution in [1.82, 2.24) is 9.78 Å². The predicted molar refractivity (Wildman–Crippen MR) is 87.1 cm³/mol. The minimum atomic E-state index is -0.966. The molecule has 0 amide bonds. The van der Waals surface area contributed by atoms with E-state index in [1.807, 2.05) is 42.5 Å². The van der Waals surface area contributed by atoms with Crippen molar-refractivity contribution in [3.8, 4) is 22.5 Å². The Labute approximate surface area is 133 Å². The number of hydrogen-bond acceptors (Lipinski definition) is 3. The first-order chi connectivity index (χ1) is 11.2. The molecular weight excluding hydrogens is 292 g/mol. The zero-order valence-corrected chi connectivity index (χ0v) is 12.6. The Balaban J connectivity index is 2.16. The number of carboxylic acid groups (broad SMARTS) is 1. The maximum Gasteiger partial charge on any atom is 0.336 e. The lowest BCUT2D eigenvalue weighted by Crippen LogP contribution is -2.06. The summed E-state index contributed by atoms with van der Waals surface area (Å²) in [4.78, 5) is 11.5. The summed E-state index contributed by atoms with van der Waals surface area (Å²) in [6, 6.07) is 18.5. The molecule has 0 spiro atoms. The van der Waals surface area contributed by atoms with Crippen LogP contribution in [0.5, 0.6) is 0 Å². The van der Waals surface area contributed by atoms with Crippen LogP contribution >= 0.6 is 0 Å². The van der Waals surface area contributed by atoms with Crippen LogP contribution in [0.3, 0.4) is 0 Å². The normalized spacial score (nSPS) is 10.7. The van der Waals surface area contributed by atoms with Gasteiger partial charge in [-0.2, -0.15) is 5.10 Å². The number of aromatic carboxylic acids is 1. The first-order valence-electron chi connectivity index (χ1n) is 7.15. The lowest BCUT2D eigenvalue weighted by atomic mass is 10.0. The van der Waals surface area contributed by atoms with E-state index in [9.17, 15) is 9.90 Å². The molecule has 2 aromatic carbocycles. The molecule has 0 aliphatic rings. The Kier molecular flexibility index (Phi) is 4.21. The number of nitrogens with zero attached hydrogens (tertiary/aromatic N) is 2. The van der Waals surface area contributed by atoms with E-state index in [0.29, 0.717) is 11.3 Å². The molecule has 5 heteroatoms. The van der Waals surface area contributed by atoms with Gasteiger partial charge >= 0.3 is 5.97 Å². The number of rotatable bonds is 5. The lowest BCUT2D eigenvalue weighted by Gasteiger charge is -2.08. The zero-order chi connectivity index (χ0) is 16.2. The third-order valence-electron chi connectivity index (χ3n) is 3.53. The van der Waals surface area contributed by atoms with Gasteiger partial charge in [-0.15, -0.1) is 0 Å². The molecule has 3 aromatic rings. The molecule has 3 rings (SSSR count). The number of benzene rings is 2. The van der Waals surface area contributed by atoms with Gasteiger partial charge in [-0.1, -0.05) is 48.5 Å². The molecule has 0 fully saturated rings. The molecule has 1 heterocycles. The standard InChI is InChI=1S/C18H16N2O3/c1-23-12-20-17(14-9-5-6-10-15(14)18(21)22)11-16(19-20)13-7-3-2-4-8-13/h2-11H,12H2,1H3,(H,21,22). The van der Waals surface area contributed by atoms with Crippen LogP contribution in [0.25, 0.3) is 22.5 Å². The highest BCUT2D eigenvalue weighted by atomic mass is 16.5. The average Bonchev–Trinajstić information content (AvgIpc) is 3.00. The van der Waals surface area contributed by atoms with E-state index in [2.05, 4.69) is 5.10 Å². The fraction of sp³-hybridized carbons (Fsp3) is 0.111. The fourth-order valence-electron chi connectivity index (χ4n) is 2.50. The highest BCUT2D eigenvalue weighted by Crippen LogP contribution is 2.28. The number of aromatic nitrogens is 2. The van der Waals surface area contributed by atoms with Gasteiger partial charge in [0.05, 0.1) is 17.0 Å². The molecule has 0 saturated carbocycles. The summed E-state index contributed by atoms with van der Waals surface area (Å²) in [5, 5.41) is 14.0. The Hall–Kier alpha value is -2.92. The number of hydrogen-bond donors (Lipinski definition) is 1. The third-order valence-corrected chi connectivity index (χ3v) is 3.53. The molecule has 0 unspecified atom stereocenters. The van der Waals surface area contributed by atoms with Gasteiger partial charge in [0.25, 0.3) is 0 Å². The van der Waals surface area contributed by atoms with Crippen LogP contribution in [0.15, 0.2) is 60.7 Å². The highest BCUT2D eigenvalue weighted by Gasteiger charge is 2.17. The summed E-state index contributed by atoms with van der Waals surface area (Å²) in [7, 11) is 1.58. The molecular formula is C18H16N2O3. The van der Waals surface area contributed by atoms with Crippen molar-refractivity contribution >= 4 is 5.97 Å². The zero-order valence-electron chi connectivity index (χ0n) is 12.6. The Morgan fingerprint density at radius 2 is 1.83 bits per heavy atom. The molecule has 0 atom stereocenters. The smallest absolute Gasteiger partial charge is 0.336 e. The largest absolute Gasteiger partial charge is 0.478 e. The van der Waals surface area contributed by atoms with E-state index in [1.54, 1.807) is 30.0 Å². The van der Waals surface area contributed by atoms with Gasteiger partial charge in [-0.3, -0.25) is 0 Å². The second-order valence-electron chi connectivity index (χ2n) is 5.05. The van der Waals surface area contributed by atoms with E-state index >= 15 is 0 Å². The number of methoxy groups -OCH3 is 1. The van der Waals surface area contributed by atoms with E-state index in [0.717, 1.165) is 11.3 Å². The SMILES string of the molecule is COCn1nc(-c2ccccc2)cc1-c1ccccc1C(=O)O. The van der Waals surface area contributed by atoms with Crippen LogP contribution in [0.4, 0.5) is 0 Å². The number of carboxylic acids is 1. The lowest BCUT2D eigenvalue weighted by molar-refractivity contribution is 0.0697. The molecule has 0 aliphatic heterocycles. The van der Waals surface area contributed by atoms with Gasteiger partial charge < -0.3 is 9.84 Å². The predicted octanol–water partition coefficient (Wildman–Crippen LogP) is 3.52. The third kappa shape index (κ3) is 3.00. The van der Waals surface area contributed by atoms with Gasteiger partial charge in [0, 0.05) is 18.2 Å². The molecule has 23 heavy (non-hydrogen) atoms. The Morgan fingerprint density at radius 1 is 1.13 bits per heavy atom. The summed E-state index contributed by atoms with van der Waals surface area (Å²) in [6.07, 6.45) is 0. The quantitative estimate of drug-likeness (QED) is 0.783. The van der Waals surface area contributed by atoms with Crippen molar-refractivity contribution in [1.29, 1.82) is 0 Å². The van der Waals surface area contributed by atoms with Crippen LogP contribution in [0.2, 0.25) is 0 Å². The second kappa shape index (κ2) is 6.46. The van der Waals surface area contributed by atoms with E-state index in [1.165, 1.54) is 0 Å². The van der Waals surface area contributed by atoms with Crippen molar-refractivity contribution in [3.05, 3.63) is 66.2 Å². The van der Waals surface area contributed by atoms with Crippen molar-refractivity contribution in [3.63, 3.8) is 0 Å². The maximum absolute atomic E-state index is 11.5. The van der Waals surface area contributed by atoms with Crippen LogP contribution in [-0.2, 0) is 11.5 Å².